The summed E-state index contributed by atoms with van der Waals surface area (Å²) < 4.78 is 30.3. The van der Waals surface area contributed by atoms with Crippen molar-refractivity contribution in [3.8, 4) is 0 Å². The van der Waals surface area contributed by atoms with Crippen LogP contribution in [0.25, 0.3) is 21.9 Å². The van der Waals surface area contributed by atoms with Crippen molar-refractivity contribution in [2.75, 3.05) is 4.31 Å². The number of anilines is 1. The number of rotatable bonds is 6. The minimum absolute atomic E-state index is 0.0330. The lowest BCUT2D eigenvalue weighted by Crippen LogP contribution is -2.43. The van der Waals surface area contributed by atoms with Crippen LogP contribution in [0.5, 0.6) is 0 Å². The van der Waals surface area contributed by atoms with Gasteiger partial charge in [0, 0.05) is 22.0 Å². The third-order valence-electron chi connectivity index (χ3n) is 4.04. The van der Waals surface area contributed by atoms with E-state index in [9.17, 15) is 18.7 Å². The molecule has 0 saturated heterocycles. The number of aliphatic carboxylic acids is 1. The van der Waals surface area contributed by atoms with Crippen molar-refractivity contribution >= 4 is 44.9 Å². The standard InChI is InChI=1S/C18H19NO5S/c1-11(2)9-15(18(20)21)19(25(22)23)12-7-8-17-14(10-12)13-5-3-4-6-16(13)24-17/h3-8,10-11,15H,9H2,1-2H3,(H,20,21)(H,22,23)/p-1. The van der Waals surface area contributed by atoms with Gasteiger partial charge < -0.3 is 14.1 Å². The number of carboxylic acids is 1. The van der Waals surface area contributed by atoms with Gasteiger partial charge in [-0.15, -0.1) is 0 Å². The van der Waals surface area contributed by atoms with Crippen molar-refractivity contribution in [3.05, 3.63) is 42.5 Å². The number of para-hydroxylation sites is 1. The molecule has 0 saturated carbocycles. The number of fused-ring (bicyclic) bond motifs is 3. The van der Waals surface area contributed by atoms with E-state index in [0.29, 0.717) is 16.9 Å². The summed E-state index contributed by atoms with van der Waals surface area (Å²) >= 11 is -2.71. The van der Waals surface area contributed by atoms with Gasteiger partial charge in [0.05, 0.1) is 5.69 Å². The molecule has 2 atom stereocenters. The second kappa shape index (κ2) is 6.85. The van der Waals surface area contributed by atoms with Gasteiger partial charge in [-0.3, -0.25) is 8.51 Å². The maximum absolute atomic E-state index is 11.8. The lowest BCUT2D eigenvalue weighted by molar-refractivity contribution is -0.138. The molecule has 3 rings (SSSR count). The summed E-state index contributed by atoms with van der Waals surface area (Å²) in [7, 11) is 0. The molecule has 0 aliphatic carbocycles. The number of hydrogen-bond donors (Lipinski definition) is 1. The summed E-state index contributed by atoms with van der Waals surface area (Å²) in [6.45, 7) is 3.71. The van der Waals surface area contributed by atoms with Crippen LogP contribution in [0, 0.1) is 5.92 Å². The molecule has 2 unspecified atom stereocenters. The van der Waals surface area contributed by atoms with Gasteiger partial charge in [0.2, 0.25) is 0 Å². The quantitative estimate of drug-likeness (QED) is 0.677. The Kier molecular flexibility index (Phi) is 4.78. The van der Waals surface area contributed by atoms with Crippen LogP contribution in [-0.4, -0.2) is 25.9 Å². The number of furan rings is 1. The average Bonchev–Trinajstić information content (AvgIpc) is 2.91. The Hall–Kier alpha value is -2.38. The Balaban J connectivity index is 2.14. The number of benzene rings is 2. The Morgan fingerprint density at radius 3 is 2.52 bits per heavy atom. The lowest BCUT2D eigenvalue weighted by Gasteiger charge is -2.32. The van der Waals surface area contributed by atoms with E-state index in [0.717, 1.165) is 15.1 Å². The summed E-state index contributed by atoms with van der Waals surface area (Å²) in [4.78, 5) is 11.6. The van der Waals surface area contributed by atoms with Gasteiger partial charge in [0.1, 0.15) is 17.2 Å². The van der Waals surface area contributed by atoms with Crippen LogP contribution in [0.15, 0.2) is 46.9 Å². The molecule has 1 N–H and O–H groups in total. The van der Waals surface area contributed by atoms with Gasteiger partial charge in [0.15, 0.2) is 0 Å². The van der Waals surface area contributed by atoms with Gasteiger partial charge in [-0.2, -0.15) is 0 Å². The predicted octanol–water partition coefficient (Wildman–Crippen LogP) is 3.69. The maximum Gasteiger partial charge on any atom is 0.327 e. The van der Waals surface area contributed by atoms with Crippen LogP contribution in [0.4, 0.5) is 5.69 Å². The van der Waals surface area contributed by atoms with E-state index in [1.54, 1.807) is 18.2 Å². The van der Waals surface area contributed by atoms with Crippen molar-refractivity contribution in [2.45, 2.75) is 26.3 Å². The highest BCUT2D eigenvalue weighted by atomic mass is 32.2. The molecular formula is C18H18NO5S-. The fraction of sp³-hybridized carbons (Fsp3) is 0.278. The Bertz CT molecular complexity index is 949. The highest BCUT2D eigenvalue weighted by Gasteiger charge is 2.28. The van der Waals surface area contributed by atoms with Crippen LogP contribution in [-0.2, 0) is 16.1 Å². The van der Waals surface area contributed by atoms with Gasteiger partial charge >= 0.3 is 5.97 Å². The van der Waals surface area contributed by atoms with Crippen LogP contribution in [0.1, 0.15) is 20.3 Å². The first-order chi connectivity index (χ1) is 11.9. The first-order valence-corrected chi connectivity index (χ1v) is 8.94. The van der Waals surface area contributed by atoms with Crippen molar-refractivity contribution in [2.24, 2.45) is 5.92 Å². The minimum atomic E-state index is -2.71. The smallest absolute Gasteiger partial charge is 0.327 e. The number of hydrogen-bond acceptors (Lipinski definition) is 4. The highest BCUT2D eigenvalue weighted by molar-refractivity contribution is 7.80. The zero-order valence-electron chi connectivity index (χ0n) is 13.8. The monoisotopic (exact) mass is 360 g/mol. The SMILES string of the molecule is CC(C)CC(C(=O)O)N(c1ccc2oc3ccccc3c2c1)S(=O)[O-]. The second-order valence-corrected chi connectivity index (χ2v) is 7.13. The molecule has 0 aliphatic rings. The lowest BCUT2D eigenvalue weighted by atomic mass is 10.0. The van der Waals surface area contributed by atoms with Crippen molar-refractivity contribution in [1.82, 2.24) is 0 Å². The molecule has 0 amide bonds. The summed E-state index contributed by atoms with van der Waals surface area (Å²) in [5.41, 5.74) is 1.62. The van der Waals surface area contributed by atoms with Gasteiger partial charge in [-0.25, -0.2) is 4.79 Å². The van der Waals surface area contributed by atoms with E-state index < -0.39 is 23.3 Å². The molecule has 25 heavy (non-hydrogen) atoms. The molecule has 1 aromatic heterocycles. The van der Waals surface area contributed by atoms with E-state index in [4.69, 9.17) is 4.42 Å². The summed E-state index contributed by atoms with van der Waals surface area (Å²) in [5, 5.41) is 11.1. The zero-order valence-corrected chi connectivity index (χ0v) is 14.7. The van der Waals surface area contributed by atoms with E-state index >= 15 is 0 Å². The van der Waals surface area contributed by atoms with E-state index in [-0.39, 0.29) is 12.3 Å². The number of carbonyl (C=O) groups is 1. The Labute approximate surface area is 147 Å². The first kappa shape index (κ1) is 17.4. The fourth-order valence-electron chi connectivity index (χ4n) is 2.96. The summed E-state index contributed by atoms with van der Waals surface area (Å²) in [6.07, 6.45) is 0.216. The topological polar surface area (TPSA) is 93.8 Å². The first-order valence-electron chi connectivity index (χ1n) is 7.91. The van der Waals surface area contributed by atoms with Gasteiger partial charge in [-0.05, 0) is 36.6 Å². The van der Waals surface area contributed by atoms with Crippen LogP contribution >= 0.6 is 0 Å². The van der Waals surface area contributed by atoms with E-state index in [1.165, 1.54) is 0 Å². The van der Waals surface area contributed by atoms with Crippen molar-refractivity contribution < 1.29 is 23.1 Å². The molecule has 1 heterocycles. The molecule has 0 fully saturated rings. The molecule has 7 heteroatoms. The number of nitrogens with zero attached hydrogens (tertiary/aromatic N) is 1. The molecular weight excluding hydrogens is 342 g/mol. The normalized spacial score (nSPS) is 14.1. The molecule has 2 aromatic carbocycles. The third-order valence-corrected chi connectivity index (χ3v) is 4.82. The van der Waals surface area contributed by atoms with E-state index in [2.05, 4.69) is 0 Å². The van der Waals surface area contributed by atoms with Crippen LogP contribution in [0.3, 0.4) is 0 Å². The molecule has 132 valence electrons. The van der Waals surface area contributed by atoms with E-state index in [1.807, 2.05) is 38.1 Å². The molecule has 6 nitrogen and oxygen atoms in total. The largest absolute Gasteiger partial charge is 0.755 e. The third kappa shape index (κ3) is 3.38. The number of carboxylic acid groups (broad SMARTS) is 1. The fourth-order valence-corrected chi connectivity index (χ4v) is 3.63. The highest BCUT2D eigenvalue weighted by Crippen LogP contribution is 2.33. The molecule has 0 spiro atoms. The minimum Gasteiger partial charge on any atom is -0.755 e. The molecule has 0 radical (unpaired) electrons. The average molecular weight is 360 g/mol. The zero-order chi connectivity index (χ0) is 18.1. The second-order valence-electron chi connectivity index (χ2n) is 6.31. The molecule has 3 aromatic rings. The van der Waals surface area contributed by atoms with Crippen LogP contribution in [0.2, 0.25) is 0 Å². The predicted molar refractivity (Wildman–Crippen MR) is 96.0 cm³/mol. The molecule has 0 aliphatic heterocycles. The molecule has 0 bridgehead atoms. The Morgan fingerprint density at radius 2 is 1.88 bits per heavy atom. The van der Waals surface area contributed by atoms with Crippen molar-refractivity contribution in [3.63, 3.8) is 0 Å². The van der Waals surface area contributed by atoms with Gasteiger partial charge in [-0.1, -0.05) is 32.0 Å². The summed E-state index contributed by atoms with van der Waals surface area (Å²) in [6, 6.07) is 11.2. The van der Waals surface area contributed by atoms with Crippen molar-refractivity contribution in [1.29, 1.82) is 0 Å². The summed E-state index contributed by atoms with van der Waals surface area (Å²) in [5.74, 6) is -1.14. The van der Waals surface area contributed by atoms with Crippen LogP contribution < -0.4 is 4.31 Å². The van der Waals surface area contributed by atoms with Gasteiger partial charge in [0.25, 0.3) is 0 Å². The maximum atomic E-state index is 11.8. The Morgan fingerprint density at radius 1 is 1.20 bits per heavy atom.